The van der Waals surface area contributed by atoms with Crippen molar-refractivity contribution in [3.8, 4) is 0 Å². The molecule has 2 aromatic rings. The van der Waals surface area contributed by atoms with Crippen molar-refractivity contribution in [1.82, 2.24) is 14.8 Å². The third-order valence-electron chi connectivity index (χ3n) is 4.14. The van der Waals surface area contributed by atoms with Crippen molar-refractivity contribution >= 4 is 23.3 Å². The summed E-state index contributed by atoms with van der Waals surface area (Å²) >= 11 is 5.85. The normalized spacial score (nSPS) is 16.1. The first-order valence-corrected chi connectivity index (χ1v) is 8.42. The molecule has 24 heavy (non-hydrogen) atoms. The number of likely N-dealkylation sites (N-methyl/N-ethyl adjacent to an activating group) is 1. The Kier molecular flexibility index (Phi) is 5.45. The zero-order chi connectivity index (χ0) is 16.9. The van der Waals surface area contributed by atoms with Gasteiger partial charge in [0.05, 0.1) is 5.69 Å². The molecule has 1 aromatic heterocycles. The summed E-state index contributed by atoms with van der Waals surface area (Å²) in [6.45, 7) is 5.04. The number of amides is 1. The molecule has 0 spiro atoms. The van der Waals surface area contributed by atoms with Crippen LogP contribution in [0, 0.1) is 0 Å². The fourth-order valence-corrected chi connectivity index (χ4v) is 2.79. The fourth-order valence-electron chi connectivity index (χ4n) is 2.66. The number of nitrogens with zero attached hydrogens (tertiary/aromatic N) is 3. The second-order valence-corrected chi connectivity index (χ2v) is 6.49. The first-order chi connectivity index (χ1) is 11.6. The molecule has 1 aliphatic heterocycles. The summed E-state index contributed by atoms with van der Waals surface area (Å²) in [6, 6.07) is 12.5. The van der Waals surface area contributed by atoms with Gasteiger partial charge in [-0.2, -0.15) is 0 Å². The van der Waals surface area contributed by atoms with Crippen LogP contribution in [0.5, 0.6) is 0 Å². The van der Waals surface area contributed by atoms with E-state index < -0.39 is 0 Å². The smallest absolute Gasteiger partial charge is 0.256 e. The SMILES string of the molecule is CN1CCN(Cc2cccc(NC(=O)c3ccc(Cl)cc3)n2)CC1. The molecule has 5 nitrogen and oxygen atoms in total. The Morgan fingerprint density at radius 2 is 1.83 bits per heavy atom. The number of halogens is 1. The number of benzene rings is 1. The van der Waals surface area contributed by atoms with Crippen LogP contribution in [0.25, 0.3) is 0 Å². The predicted molar refractivity (Wildman–Crippen MR) is 96.4 cm³/mol. The van der Waals surface area contributed by atoms with E-state index in [-0.39, 0.29) is 5.91 Å². The molecule has 1 fully saturated rings. The summed E-state index contributed by atoms with van der Waals surface area (Å²) in [5.41, 5.74) is 1.53. The van der Waals surface area contributed by atoms with E-state index >= 15 is 0 Å². The number of piperazine rings is 1. The van der Waals surface area contributed by atoms with Crippen molar-refractivity contribution < 1.29 is 4.79 Å². The predicted octanol–water partition coefficient (Wildman–Crippen LogP) is 2.73. The standard InChI is InChI=1S/C18H21ClN4O/c1-22-9-11-23(12-10-22)13-16-3-2-4-17(20-16)21-18(24)14-5-7-15(19)8-6-14/h2-8H,9-13H2,1H3,(H,20,21,24). The average Bonchev–Trinajstić information content (AvgIpc) is 2.58. The quantitative estimate of drug-likeness (QED) is 0.926. The lowest BCUT2D eigenvalue weighted by atomic mass is 10.2. The molecular formula is C18H21ClN4O. The molecule has 0 bridgehead atoms. The van der Waals surface area contributed by atoms with Crippen molar-refractivity contribution in [2.24, 2.45) is 0 Å². The summed E-state index contributed by atoms with van der Waals surface area (Å²) in [4.78, 5) is 21.5. The zero-order valence-corrected chi connectivity index (χ0v) is 14.5. The highest BCUT2D eigenvalue weighted by Crippen LogP contribution is 2.13. The number of hydrogen-bond acceptors (Lipinski definition) is 4. The fraction of sp³-hybridized carbons (Fsp3) is 0.333. The highest BCUT2D eigenvalue weighted by Gasteiger charge is 2.14. The van der Waals surface area contributed by atoms with Gasteiger partial charge in [0.15, 0.2) is 0 Å². The molecule has 1 aliphatic rings. The molecule has 3 rings (SSSR count). The van der Waals surface area contributed by atoms with E-state index in [4.69, 9.17) is 11.6 Å². The van der Waals surface area contributed by atoms with E-state index in [9.17, 15) is 4.79 Å². The van der Waals surface area contributed by atoms with Gasteiger partial charge in [-0.15, -0.1) is 0 Å². The van der Waals surface area contributed by atoms with E-state index in [2.05, 4.69) is 27.1 Å². The molecule has 6 heteroatoms. The van der Waals surface area contributed by atoms with Crippen LogP contribution in [0.15, 0.2) is 42.5 Å². The van der Waals surface area contributed by atoms with E-state index in [1.54, 1.807) is 30.3 Å². The Bertz CT molecular complexity index is 696. The van der Waals surface area contributed by atoms with Crippen LogP contribution >= 0.6 is 11.6 Å². The summed E-state index contributed by atoms with van der Waals surface area (Å²) in [5.74, 6) is 0.387. The number of aromatic nitrogens is 1. The minimum atomic E-state index is -0.184. The first-order valence-electron chi connectivity index (χ1n) is 8.04. The third-order valence-corrected chi connectivity index (χ3v) is 4.39. The molecule has 1 aromatic carbocycles. The molecule has 1 N–H and O–H groups in total. The summed E-state index contributed by atoms with van der Waals surface area (Å²) < 4.78 is 0. The molecule has 0 aliphatic carbocycles. The van der Waals surface area contributed by atoms with Crippen LogP contribution in [0.2, 0.25) is 5.02 Å². The van der Waals surface area contributed by atoms with Crippen LogP contribution in [0.3, 0.4) is 0 Å². The number of pyridine rings is 1. The Morgan fingerprint density at radius 1 is 1.12 bits per heavy atom. The highest BCUT2D eigenvalue weighted by atomic mass is 35.5. The number of nitrogens with one attached hydrogen (secondary N) is 1. The number of rotatable bonds is 4. The number of hydrogen-bond donors (Lipinski definition) is 1. The monoisotopic (exact) mass is 344 g/mol. The molecule has 0 saturated carbocycles. The average molecular weight is 345 g/mol. The molecule has 0 radical (unpaired) electrons. The Morgan fingerprint density at radius 3 is 2.54 bits per heavy atom. The van der Waals surface area contributed by atoms with Crippen LogP contribution < -0.4 is 5.32 Å². The van der Waals surface area contributed by atoms with Gasteiger partial charge in [0, 0.05) is 43.3 Å². The first kappa shape index (κ1) is 16.9. The zero-order valence-electron chi connectivity index (χ0n) is 13.7. The molecule has 1 saturated heterocycles. The second kappa shape index (κ2) is 7.75. The number of anilines is 1. The second-order valence-electron chi connectivity index (χ2n) is 6.05. The summed E-state index contributed by atoms with van der Waals surface area (Å²) in [5, 5.41) is 3.45. The van der Waals surface area contributed by atoms with Gasteiger partial charge in [0.1, 0.15) is 5.82 Å². The summed E-state index contributed by atoms with van der Waals surface area (Å²) in [7, 11) is 2.14. The molecular weight excluding hydrogens is 324 g/mol. The van der Waals surface area contributed by atoms with Crippen molar-refractivity contribution in [3.63, 3.8) is 0 Å². The van der Waals surface area contributed by atoms with Gasteiger partial charge in [0.2, 0.25) is 0 Å². The van der Waals surface area contributed by atoms with Gasteiger partial charge >= 0.3 is 0 Å². The molecule has 0 unspecified atom stereocenters. The number of carbonyl (C=O) groups excluding carboxylic acids is 1. The lowest BCUT2D eigenvalue weighted by molar-refractivity contribution is 0.102. The molecule has 1 amide bonds. The van der Waals surface area contributed by atoms with E-state index in [0.29, 0.717) is 16.4 Å². The van der Waals surface area contributed by atoms with E-state index in [0.717, 1.165) is 38.4 Å². The van der Waals surface area contributed by atoms with Gasteiger partial charge < -0.3 is 10.2 Å². The third kappa shape index (κ3) is 4.54. The molecule has 0 atom stereocenters. The maximum atomic E-state index is 12.3. The largest absolute Gasteiger partial charge is 0.307 e. The van der Waals surface area contributed by atoms with Crippen LogP contribution in [-0.2, 0) is 6.54 Å². The van der Waals surface area contributed by atoms with Crippen molar-refractivity contribution in [2.75, 3.05) is 38.5 Å². The molecule has 2 heterocycles. The maximum Gasteiger partial charge on any atom is 0.256 e. The number of carbonyl (C=O) groups is 1. The van der Waals surface area contributed by atoms with Crippen molar-refractivity contribution in [1.29, 1.82) is 0 Å². The maximum absolute atomic E-state index is 12.3. The Balaban J connectivity index is 1.62. The lowest BCUT2D eigenvalue weighted by Crippen LogP contribution is -2.44. The van der Waals surface area contributed by atoms with Gasteiger partial charge in [-0.25, -0.2) is 4.98 Å². The topological polar surface area (TPSA) is 48.5 Å². The van der Waals surface area contributed by atoms with Crippen LogP contribution in [-0.4, -0.2) is 53.9 Å². The van der Waals surface area contributed by atoms with Crippen LogP contribution in [0.1, 0.15) is 16.1 Å². The van der Waals surface area contributed by atoms with Crippen molar-refractivity contribution in [3.05, 3.63) is 58.7 Å². The van der Waals surface area contributed by atoms with Crippen LogP contribution in [0.4, 0.5) is 5.82 Å². The Hall–Kier alpha value is -1.95. The van der Waals surface area contributed by atoms with Gasteiger partial charge in [0.25, 0.3) is 5.91 Å². The van der Waals surface area contributed by atoms with E-state index in [1.807, 2.05) is 12.1 Å². The highest BCUT2D eigenvalue weighted by molar-refractivity contribution is 6.30. The van der Waals surface area contributed by atoms with E-state index in [1.165, 1.54) is 0 Å². The minimum Gasteiger partial charge on any atom is -0.307 e. The lowest BCUT2D eigenvalue weighted by Gasteiger charge is -2.32. The minimum absolute atomic E-state index is 0.184. The van der Waals surface area contributed by atoms with Crippen molar-refractivity contribution in [2.45, 2.75) is 6.54 Å². The van der Waals surface area contributed by atoms with Gasteiger partial charge in [-0.05, 0) is 43.4 Å². The Labute approximate surface area is 147 Å². The van der Waals surface area contributed by atoms with Gasteiger partial charge in [-0.1, -0.05) is 17.7 Å². The summed E-state index contributed by atoms with van der Waals surface area (Å²) in [6.07, 6.45) is 0. The molecule has 126 valence electrons. The van der Waals surface area contributed by atoms with Gasteiger partial charge in [-0.3, -0.25) is 9.69 Å².